The van der Waals surface area contributed by atoms with E-state index in [9.17, 15) is 9.59 Å². The molecule has 0 aliphatic carbocycles. The summed E-state index contributed by atoms with van der Waals surface area (Å²) < 4.78 is 18.3. The van der Waals surface area contributed by atoms with Crippen LogP contribution in [0.5, 0.6) is 0 Å². The molecule has 39 heavy (non-hydrogen) atoms. The first kappa shape index (κ1) is 30.9. The van der Waals surface area contributed by atoms with Gasteiger partial charge >= 0.3 is 12.1 Å². The molecular formula is C32H47NO5Si. The second kappa shape index (κ2) is 12.3. The monoisotopic (exact) mass is 553 g/mol. The van der Waals surface area contributed by atoms with Crippen LogP contribution in [0.2, 0.25) is 0 Å². The number of esters is 1. The van der Waals surface area contributed by atoms with Gasteiger partial charge in [0.25, 0.3) is 0 Å². The minimum absolute atomic E-state index is 0.171. The Balaban J connectivity index is 2.05. The maximum absolute atomic E-state index is 13.7. The minimum Gasteiger partial charge on any atom is -0.463 e. The summed E-state index contributed by atoms with van der Waals surface area (Å²) in [5.74, 6) is -0.417. The third-order valence-electron chi connectivity index (χ3n) is 7.15. The number of cyclic esters (lactones) is 1. The summed E-state index contributed by atoms with van der Waals surface area (Å²) in [5.41, 5.74) is -2.00. The summed E-state index contributed by atoms with van der Waals surface area (Å²) in [6, 6.07) is 19.5. The molecule has 2 atom stereocenters. The van der Waals surface area contributed by atoms with E-state index in [1.165, 1.54) is 0 Å². The highest BCUT2D eigenvalue weighted by molar-refractivity contribution is 6.80. The summed E-state index contributed by atoms with van der Waals surface area (Å²) in [6.45, 7) is 16.8. The Hall–Kier alpha value is -2.64. The van der Waals surface area contributed by atoms with Gasteiger partial charge in [-0.25, -0.2) is 9.59 Å². The van der Waals surface area contributed by atoms with E-state index in [1.807, 2.05) is 57.2 Å². The molecule has 1 aliphatic heterocycles. The molecule has 3 rings (SSSR count). The Kier molecular flexibility index (Phi) is 9.71. The van der Waals surface area contributed by atoms with Crippen molar-refractivity contribution >= 4 is 31.5 Å². The first-order valence-electron chi connectivity index (χ1n) is 14.0. The first-order chi connectivity index (χ1) is 18.1. The van der Waals surface area contributed by atoms with Crippen molar-refractivity contribution in [1.29, 1.82) is 0 Å². The fourth-order valence-corrected chi connectivity index (χ4v) is 7.57. The second-order valence-electron chi connectivity index (χ2n) is 13.7. The van der Waals surface area contributed by atoms with Crippen molar-refractivity contribution in [2.75, 3.05) is 6.61 Å². The van der Waals surface area contributed by atoms with Gasteiger partial charge in [-0.05, 0) is 61.2 Å². The average Bonchev–Trinajstić information content (AvgIpc) is 3.21. The van der Waals surface area contributed by atoms with Crippen LogP contribution in [0.4, 0.5) is 4.79 Å². The van der Waals surface area contributed by atoms with Crippen molar-refractivity contribution < 1.29 is 23.5 Å². The molecule has 1 aliphatic rings. The largest absolute Gasteiger partial charge is 0.463 e. The van der Waals surface area contributed by atoms with Crippen molar-refractivity contribution in [1.82, 2.24) is 5.32 Å². The summed E-state index contributed by atoms with van der Waals surface area (Å²) in [5, 5.41) is 5.21. The van der Waals surface area contributed by atoms with Crippen molar-refractivity contribution in [2.45, 2.75) is 98.3 Å². The highest BCUT2D eigenvalue weighted by atomic mass is 28.3. The number of nitrogens with one attached hydrogen (secondary N) is 1. The Bertz CT molecular complexity index is 1050. The summed E-state index contributed by atoms with van der Waals surface area (Å²) in [4.78, 5) is 26.9. The average molecular weight is 554 g/mol. The van der Waals surface area contributed by atoms with E-state index in [1.54, 1.807) is 0 Å². The standard InChI is InChI=1S/C32H47NO5Si/c1-29(2,3)19-20-31(7,8)23-26(33-28(35)37-30(4,5)6)32(21-22-36-27(32)34)38-39(24-15-11-9-12-16-24)25-17-13-10-14-18-25/h9-18,26,39H,19-23H2,1-8H3,(H,33,35)/t26-,32?/m0/s1. The zero-order valence-electron chi connectivity index (χ0n) is 25.0. The molecule has 0 aromatic heterocycles. The maximum Gasteiger partial charge on any atom is 0.407 e. The lowest BCUT2D eigenvalue weighted by atomic mass is 9.73. The molecule has 1 heterocycles. The zero-order valence-corrected chi connectivity index (χ0v) is 26.2. The van der Waals surface area contributed by atoms with Crippen molar-refractivity contribution in [3.8, 4) is 0 Å². The van der Waals surface area contributed by atoms with E-state index in [2.05, 4.69) is 64.2 Å². The van der Waals surface area contributed by atoms with E-state index in [0.29, 0.717) is 12.8 Å². The van der Waals surface area contributed by atoms with E-state index in [-0.39, 0.29) is 17.4 Å². The smallest absolute Gasteiger partial charge is 0.407 e. The van der Waals surface area contributed by atoms with Gasteiger partial charge in [-0.1, -0.05) is 95.3 Å². The normalized spacial score (nSPS) is 19.1. The Labute approximate surface area is 236 Å². The summed E-state index contributed by atoms with van der Waals surface area (Å²) in [6.07, 6.45) is 2.31. The van der Waals surface area contributed by atoms with Gasteiger partial charge in [0.2, 0.25) is 9.04 Å². The number of carbonyl (C=O) groups is 2. The molecule has 0 saturated carbocycles. The van der Waals surface area contributed by atoms with Gasteiger partial charge < -0.3 is 19.2 Å². The van der Waals surface area contributed by atoms with E-state index in [0.717, 1.165) is 23.2 Å². The minimum atomic E-state index is -2.36. The number of amides is 1. The number of rotatable bonds is 10. The lowest BCUT2D eigenvalue weighted by molar-refractivity contribution is -0.153. The number of hydrogen-bond acceptors (Lipinski definition) is 5. The summed E-state index contributed by atoms with van der Waals surface area (Å²) >= 11 is 0. The fraction of sp³-hybridized carbons (Fsp3) is 0.562. The fourth-order valence-electron chi connectivity index (χ4n) is 4.97. The molecule has 7 heteroatoms. The molecule has 1 amide bonds. The van der Waals surface area contributed by atoms with E-state index in [4.69, 9.17) is 13.9 Å². The number of benzene rings is 2. The molecule has 2 aromatic rings. The van der Waals surface area contributed by atoms with Crippen LogP contribution in [0.3, 0.4) is 0 Å². The second-order valence-corrected chi connectivity index (χ2v) is 16.1. The van der Waals surface area contributed by atoms with Crippen molar-refractivity contribution in [3.05, 3.63) is 60.7 Å². The predicted molar refractivity (Wildman–Crippen MR) is 159 cm³/mol. The SMILES string of the molecule is CC(C)(C)CCC(C)(C)C[C@H](NC(=O)OC(C)(C)C)C1(O[SiH](c2ccccc2)c2ccccc2)CCOC1=O. The topological polar surface area (TPSA) is 73.9 Å². The highest BCUT2D eigenvalue weighted by Crippen LogP contribution is 2.39. The predicted octanol–water partition coefficient (Wildman–Crippen LogP) is 5.36. The molecule has 214 valence electrons. The molecule has 1 fully saturated rings. The van der Waals surface area contributed by atoms with Crippen LogP contribution >= 0.6 is 0 Å². The number of carbonyl (C=O) groups excluding carboxylic acids is 2. The molecular weight excluding hydrogens is 506 g/mol. The molecule has 1 N–H and O–H groups in total. The van der Waals surface area contributed by atoms with Gasteiger partial charge in [-0.15, -0.1) is 0 Å². The molecule has 0 bridgehead atoms. The van der Waals surface area contributed by atoms with Gasteiger partial charge in [0.15, 0.2) is 5.60 Å². The number of alkyl carbamates (subject to hydrolysis) is 1. The Morgan fingerprint density at radius 3 is 1.90 bits per heavy atom. The van der Waals surface area contributed by atoms with E-state index >= 15 is 0 Å². The number of ether oxygens (including phenoxy) is 2. The number of hydrogen-bond donors (Lipinski definition) is 1. The third-order valence-corrected chi connectivity index (χ3v) is 9.78. The van der Waals surface area contributed by atoms with Crippen LogP contribution in [-0.4, -0.2) is 45.0 Å². The van der Waals surface area contributed by atoms with Crippen molar-refractivity contribution in [3.63, 3.8) is 0 Å². The third kappa shape index (κ3) is 8.93. The lowest BCUT2D eigenvalue weighted by Gasteiger charge is -2.41. The Morgan fingerprint density at radius 1 is 0.923 bits per heavy atom. The van der Waals surface area contributed by atoms with Gasteiger partial charge in [0.05, 0.1) is 12.6 Å². The zero-order chi connectivity index (χ0) is 28.9. The van der Waals surface area contributed by atoms with Gasteiger partial charge in [-0.3, -0.25) is 0 Å². The van der Waals surface area contributed by atoms with Crippen LogP contribution < -0.4 is 15.7 Å². The Morgan fingerprint density at radius 2 is 1.46 bits per heavy atom. The van der Waals surface area contributed by atoms with Crippen molar-refractivity contribution in [2.24, 2.45) is 10.8 Å². The first-order valence-corrected chi connectivity index (χ1v) is 15.7. The maximum atomic E-state index is 13.7. The highest BCUT2D eigenvalue weighted by Gasteiger charge is 2.55. The van der Waals surface area contributed by atoms with Crippen LogP contribution in [0, 0.1) is 10.8 Å². The van der Waals surface area contributed by atoms with Crippen LogP contribution in [0.1, 0.15) is 81.1 Å². The van der Waals surface area contributed by atoms with Crippen LogP contribution in [0.25, 0.3) is 0 Å². The van der Waals surface area contributed by atoms with Gasteiger partial charge in [-0.2, -0.15) is 0 Å². The molecule has 1 saturated heterocycles. The van der Waals surface area contributed by atoms with Crippen LogP contribution in [-0.2, 0) is 18.7 Å². The molecule has 0 radical (unpaired) electrons. The summed E-state index contributed by atoms with van der Waals surface area (Å²) in [7, 11) is -2.36. The van der Waals surface area contributed by atoms with Crippen LogP contribution in [0.15, 0.2) is 60.7 Å². The molecule has 2 aromatic carbocycles. The molecule has 6 nitrogen and oxygen atoms in total. The molecule has 1 unspecified atom stereocenters. The lowest BCUT2D eigenvalue weighted by Crippen LogP contribution is -2.63. The van der Waals surface area contributed by atoms with Gasteiger partial charge in [0, 0.05) is 6.42 Å². The van der Waals surface area contributed by atoms with E-state index < -0.39 is 38.3 Å². The molecule has 0 spiro atoms. The van der Waals surface area contributed by atoms with Gasteiger partial charge in [0.1, 0.15) is 5.60 Å². The quantitative estimate of drug-likeness (QED) is 0.317.